The van der Waals surface area contributed by atoms with Crippen LogP contribution in [0.1, 0.15) is 17.5 Å². The Morgan fingerprint density at radius 3 is 2.77 bits per heavy atom. The average molecular weight is 356 g/mol. The van der Waals surface area contributed by atoms with Gasteiger partial charge >= 0.3 is 0 Å². The number of aromatic nitrogens is 1. The lowest BCUT2D eigenvalue weighted by molar-refractivity contribution is -0.117. The van der Waals surface area contributed by atoms with Crippen molar-refractivity contribution in [2.75, 3.05) is 31.2 Å². The Hall–Kier alpha value is -3.09. The van der Waals surface area contributed by atoms with Gasteiger partial charge in [-0.05, 0) is 29.7 Å². The third kappa shape index (κ3) is 3.77. The fourth-order valence-corrected chi connectivity index (χ4v) is 2.91. The number of ether oxygens (including phenoxy) is 1. The minimum absolute atomic E-state index is 0.282. The molecule has 0 bridgehead atoms. The maximum absolute atomic E-state index is 14.3. The lowest BCUT2D eigenvalue weighted by atomic mass is 9.98. The maximum atomic E-state index is 14.3. The molecule has 136 valence electrons. The van der Waals surface area contributed by atoms with Crippen molar-refractivity contribution in [1.82, 2.24) is 9.88 Å². The first kappa shape index (κ1) is 17.7. The van der Waals surface area contributed by atoms with Gasteiger partial charge in [-0.15, -0.1) is 0 Å². The molecule has 0 saturated carbocycles. The maximum Gasteiger partial charge on any atom is 0.209 e. The highest BCUT2D eigenvalue weighted by atomic mass is 19.1. The third-order valence-electron chi connectivity index (χ3n) is 4.40. The highest BCUT2D eigenvalue weighted by Crippen LogP contribution is 2.32. The van der Waals surface area contributed by atoms with Crippen molar-refractivity contribution in [2.24, 2.45) is 0 Å². The number of nitrogens with one attached hydrogen (secondary N) is 1. The molecule has 2 aromatic rings. The summed E-state index contributed by atoms with van der Waals surface area (Å²) in [5.74, 6) is 0.767. The Balaban J connectivity index is 1.78. The summed E-state index contributed by atoms with van der Waals surface area (Å²) < 4.78 is 19.5. The van der Waals surface area contributed by atoms with E-state index in [9.17, 15) is 9.18 Å². The Bertz CT molecular complexity index is 821. The summed E-state index contributed by atoms with van der Waals surface area (Å²) in [7, 11) is 1.62. The van der Waals surface area contributed by atoms with Gasteiger partial charge in [-0.3, -0.25) is 4.79 Å². The van der Waals surface area contributed by atoms with Crippen molar-refractivity contribution in [3.63, 3.8) is 0 Å². The van der Waals surface area contributed by atoms with Crippen LogP contribution < -0.4 is 15.8 Å². The average Bonchev–Trinajstić information content (AvgIpc) is 2.68. The second-order valence-electron chi connectivity index (χ2n) is 6.02. The predicted octanol–water partition coefficient (Wildman–Crippen LogP) is 2.67. The Morgan fingerprint density at radius 1 is 1.38 bits per heavy atom. The number of nitrogens with two attached hydrogens (primary N) is 1. The van der Waals surface area contributed by atoms with Crippen molar-refractivity contribution < 1.29 is 13.9 Å². The topological polar surface area (TPSA) is 80.5 Å². The first-order valence-corrected chi connectivity index (χ1v) is 8.32. The van der Waals surface area contributed by atoms with Gasteiger partial charge in [-0.2, -0.15) is 0 Å². The first-order valence-electron chi connectivity index (χ1n) is 8.32. The molecule has 0 saturated heterocycles. The fraction of sp³-hybridized carbons (Fsp3) is 0.263. The Labute approximate surface area is 151 Å². The van der Waals surface area contributed by atoms with Crippen LogP contribution in [0.3, 0.4) is 0 Å². The Morgan fingerprint density at radius 2 is 2.15 bits per heavy atom. The van der Waals surface area contributed by atoms with E-state index in [0.717, 1.165) is 23.3 Å². The molecule has 1 aliphatic rings. The number of carbonyl (C=O) groups is 1. The molecule has 1 aromatic heterocycles. The lowest BCUT2D eigenvalue weighted by Crippen LogP contribution is -2.27. The van der Waals surface area contributed by atoms with Crippen LogP contribution in [0.2, 0.25) is 0 Å². The van der Waals surface area contributed by atoms with Crippen molar-refractivity contribution >= 4 is 23.5 Å². The zero-order valence-electron chi connectivity index (χ0n) is 14.5. The number of carbonyl (C=O) groups excluding carboxylic acids is 1. The summed E-state index contributed by atoms with van der Waals surface area (Å²) in [5.41, 5.74) is 8.65. The van der Waals surface area contributed by atoms with Gasteiger partial charge in [-0.25, -0.2) is 9.37 Å². The number of hydrogen-bond donors (Lipinski definition) is 2. The summed E-state index contributed by atoms with van der Waals surface area (Å²) in [5, 5.41) is 3.16. The molecule has 3 N–H and O–H groups in total. The molecule has 2 heterocycles. The zero-order chi connectivity index (χ0) is 18.5. The van der Waals surface area contributed by atoms with Crippen LogP contribution in [0, 0.1) is 5.82 Å². The number of pyridine rings is 1. The van der Waals surface area contributed by atoms with Crippen LogP contribution >= 0.6 is 0 Å². The first-order chi connectivity index (χ1) is 12.6. The molecule has 7 heteroatoms. The highest BCUT2D eigenvalue weighted by molar-refractivity contribution is 5.82. The Kier molecular flexibility index (Phi) is 5.36. The van der Waals surface area contributed by atoms with Crippen molar-refractivity contribution in [1.29, 1.82) is 0 Å². The highest BCUT2D eigenvalue weighted by Gasteiger charge is 2.19. The summed E-state index contributed by atoms with van der Waals surface area (Å²) in [6, 6.07) is 7.61. The number of amides is 1. The van der Waals surface area contributed by atoms with Gasteiger partial charge in [0.2, 0.25) is 6.41 Å². The normalized spacial score (nSPS) is 13.9. The van der Waals surface area contributed by atoms with Gasteiger partial charge < -0.3 is 20.7 Å². The molecule has 0 unspecified atom stereocenters. The summed E-state index contributed by atoms with van der Waals surface area (Å²) in [4.78, 5) is 16.5. The molecule has 0 fully saturated rings. The molecule has 0 aliphatic carbocycles. The van der Waals surface area contributed by atoms with E-state index in [4.69, 9.17) is 10.5 Å². The van der Waals surface area contributed by atoms with E-state index in [0.29, 0.717) is 37.4 Å². The minimum atomic E-state index is -0.455. The largest absolute Gasteiger partial charge is 0.497 e. The monoisotopic (exact) mass is 356 g/mol. The zero-order valence-corrected chi connectivity index (χ0v) is 14.5. The number of nitrogens with zero attached hydrogens (tertiary/aromatic N) is 2. The molecule has 0 spiro atoms. The molecule has 3 rings (SSSR count). The number of methoxy groups -OCH3 is 1. The molecule has 0 atom stereocenters. The van der Waals surface area contributed by atoms with Crippen LogP contribution in [0.25, 0.3) is 5.57 Å². The van der Waals surface area contributed by atoms with E-state index in [1.807, 2.05) is 30.3 Å². The number of anilines is 2. The fourth-order valence-electron chi connectivity index (χ4n) is 2.91. The predicted molar refractivity (Wildman–Crippen MR) is 99.2 cm³/mol. The van der Waals surface area contributed by atoms with E-state index >= 15 is 0 Å². The van der Waals surface area contributed by atoms with Gasteiger partial charge in [0.25, 0.3) is 0 Å². The second-order valence-corrected chi connectivity index (χ2v) is 6.02. The molecule has 1 amide bonds. The van der Waals surface area contributed by atoms with Crippen molar-refractivity contribution in [3.05, 3.63) is 53.5 Å². The molecular weight excluding hydrogens is 335 g/mol. The van der Waals surface area contributed by atoms with Crippen LogP contribution in [-0.2, 0) is 11.3 Å². The van der Waals surface area contributed by atoms with Crippen LogP contribution in [0.15, 0.2) is 36.5 Å². The molecule has 26 heavy (non-hydrogen) atoms. The smallest absolute Gasteiger partial charge is 0.209 e. The molecule has 6 nitrogen and oxygen atoms in total. The third-order valence-corrected chi connectivity index (χ3v) is 4.40. The second kappa shape index (κ2) is 7.86. The van der Waals surface area contributed by atoms with E-state index in [2.05, 4.69) is 10.3 Å². The van der Waals surface area contributed by atoms with E-state index < -0.39 is 5.82 Å². The lowest BCUT2D eigenvalue weighted by Gasteiger charge is -2.24. The summed E-state index contributed by atoms with van der Waals surface area (Å²) in [6.45, 7) is 1.50. The SMILES string of the molecule is COc1ccc(CNc2ncc(F)c(C3=CCN(C=O)CC3)c2N)cc1. The number of halogens is 1. The van der Waals surface area contributed by atoms with Crippen molar-refractivity contribution in [3.8, 4) is 5.75 Å². The van der Waals surface area contributed by atoms with Gasteiger partial charge in [0.1, 0.15) is 11.6 Å². The summed E-state index contributed by atoms with van der Waals surface area (Å²) in [6.07, 6.45) is 4.36. The minimum Gasteiger partial charge on any atom is -0.497 e. The molecular formula is C19H21FN4O2. The van der Waals surface area contributed by atoms with Gasteiger partial charge in [0, 0.05) is 25.2 Å². The van der Waals surface area contributed by atoms with Gasteiger partial charge in [0.15, 0.2) is 5.82 Å². The van der Waals surface area contributed by atoms with E-state index in [-0.39, 0.29) is 5.69 Å². The number of hydrogen-bond acceptors (Lipinski definition) is 5. The van der Waals surface area contributed by atoms with Gasteiger partial charge in [-0.1, -0.05) is 18.2 Å². The number of nitrogen functional groups attached to an aromatic ring is 1. The van der Waals surface area contributed by atoms with E-state index in [1.165, 1.54) is 6.20 Å². The quantitative estimate of drug-likeness (QED) is 0.778. The van der Waals surface area contributed by atoms with Crippen LogP contribution in [-0.4, -0.2) is 36.5 Å². The van der Waals surface area contributed by atoms with Crippen LogP contribution in [0.5, 0.6) is 5.75 Å². The molecule has 1 aliphatic heterocycles. The van der Waals surface area contributed by atoms with Gasteiger partial charge in [0.05, 0.1) is 19.0 Å². The van der Waals surface area contributed by atoms with Crippen molar-refractivity contribution in [2.45, 2.75) is 13.0 Å². The molecule has 1 aromatic carbocycles. The van der Waals surface area contributed by atoms with E-state index in [1.54, 1.807) is 12.0 Å². The number of benzene rings is 1. The molecule has 0 radical (unpaired) electrons. The number of rotatable bonds is 6. The summed E-state index contributed by atoms with van der Waals surface area (Å²) >= 11 is 0. The van der Waals surface area contributed by atoms with Crippen LogP contribution in [0.4, 0.5) is 15.9 Å². The standard InChI is InChI=1S/C19H21FN4O2/c1-26-15-4-2-13(3-5-15)10-22-19-18(21)17(16(20)11-23-19)14-6-8-24(12-25)9-7-14/h2-6,11-12H,7-10,21H2,1H3,(H,22,23).